The molecule has 1 heteroatoms. The summed E-state index contributed by atoms with van der Waals surface area (Å²) < 4.78 is 6.59. The third-order valence-electron chi connectivity index (χ3n) is 9.36. The van der Waals surface area contributed by atoms with Crippen LogP contribution in [0.25, 0.3) is 43.8 Å². The van der Waals surface area contributed by atoms with Crippen LogP contribution in [0.15, 0.2) is 162 Å². The Kier molecular flexibility index (Phi) is 5.24. The molecule has 1 aliphatic rings. The highest BCUT2D eigenvalue weighted by Crippen LogP contribution is 2.56. The third kappa shape index (κ3) is 3.46. The van der Waals surface area contributed by atoms with Gasteiger partial charge in [0.2, 0.25) is 0 Å². The molecule has 43 heavy (non-hydrogen) atoms. The van der Waals surface area contributed by atoms with E-state index in [1.807, 2.05) is 0 Å². The summed E-state index contributed by atoms with van der Waals surface area (Å²) in [5.41, 5.74) is 11.9. The quantitative estimate of drug-likeness (QED) is 0.213. The first-order chi connectivity index (χ1) is 21.3. The number of furan rings is 1. The first-order valence-electron chi connectivity index (χ1n) is 15.0. The molecule has 0 N–H and O–H groups in total. The Balaban J connectivity index is 1.30. The third-order valence-corrected chi connectivity index (χ3v) is 9.36. The highest BCUT2D eigenvalue weighted by molar-refractivity contribution is 6.19. The lowest BCUT2D eigenvalue weighted by Gasteiger charge is -2.34. The van der Waals surface area contributed by atoms with Gasteiger partial charge in [0.25, 0.3) is 0 Å². The molecule has 0 saturated heterocycles. The van der Waals surface area contributed by atoms with Crippen molar-refractivity contribution in [1.82, 2.24) is 0 Å². The number of hydrogen-bond acceptors (Lipinski definition) is 1. The van der Waals surface area contributed by atoms with Gasteiger partial charge in [0.15, 0.2) is 0 Å². The zero-order chi connectivity index (χ0) is 28.4. The van der Waals surface area contributed by atoms with Gasteiger partial charge in [-0.25, -0.2) is 0 Å². The molecule has 0 unspecified atom stereocenters. The second kappa shape index (κ2) is 9.31. The maximum atomic E-state index is 6.59. The van der Waals surface area contributed by atoms with Crippen molar-refractivity contribution in [2.45, 2.75) is 11.8 Å². The van der Waals surface area contributed by atoms with Crippen LogP contribution < -0.4 is 0 Å². The molecule has 0 radical (unpaired) electrons. The SMILES string of the molecule is c1ccc(C2(c3ccccc3)c3ccccc3-c3ccc(Cc4cc5ccccc5c5c4oc4ccccc45)cc32)cc1. The average molecular weight is 549 g/mol. The molecule has 0 fully saturated rings. The molecule has 1 nitrogen and oxygen atoms in total. The zero-order valence-corrected chi connectivity index (χ0v) is 23.6. The summed E-state index contributed by atoms with van der Waals surface area (Å²) >= 11 is 0. The molecule has 0 atom stereocenters. The summed E-state index contributed by atoms with van der Waals surface area (Å²) in [4.78, 5) is 0. The van der Waals surface area contributed by atoms with Crippen LogP contribution in [0.2, 0.25) is 0 Å². The lowest BCUT2D eigenvalue weighted by molar-refractivity contribution is 0.664. The lowest BCUT2D eigenvalue weighted by atomic mass is 9.67. The Bertz CT molecular complexity index is 2270. The lowest BCUT2D eigenvalue weighted by Crippen LogP contribution is -2.28. The van der Waals surface area contributed by atoms with Gasteiger partial charge in [0.05, 0.1) is 5.41 Å². The van der Waals surface area contributed by atoms with E-state index in [1.54, 1.807) is 0 Å². The Morgan fingerprint density at radius 2 is 1.12 bits per heavy atom. The fraction of sp³-hybridized carbons (Fsp3) is 0.0476. The normalized spacial score (nSPS) is 13.4. The maximum Gasteiger partial charge on any atom is 0.139 e. The van der Waals surface area contributed by atoms with Gasteiger partial charge in [0.1, 0.15) is 11.2 Å². The van der Waals surface area contributed by atoms with Gasteiger partial charge in [-0.15, -0.1) is 0 Å². The fourth-order valence-electron chi connectivity index (χ4n) is 7.60. The highest BCUT2D eigenvalue weighted by Gasteiger charge is 2.45. The summed E-state index contributed by atoms with van der Waals surface area (Å²) in [6.07, 6.45) is 0.782. The molecule has 0 saturated carbocycles. The van der Waals surface area contributed by atoms with Crippen molar-refractivity contribution >= 4 is 32.7 Å². The standard InChI is InChI=1S/C42H28O/c1-3-14-31(15-4-1)42(32-16-5-2-6-17-32)37-21-11-9-19-34(37)35-24-23-28(26-38(35)42)25-30-27-29-13-7-8-18-33(29)40-36-20-10-12-22-39(36)43-41(30)40/h1-24,26-27H,25H2. The van der Waals surface area contributed by atoms with Crippen molar-refractivity contribution in [1.29, 1.82) is 0 Å². The van der Waals surface area contributed by atoms with Crippen molar-refractivity contribution in [3.05, 3.63) is 191 Å². The largest absolute Gasteiger partial charge is 0.456 e. The molecule has 1 aliphatic carbocycles. The Morgan fingerprint density at radius 1 is 0.488 bits per heavy atom. The molecule has 0 spiro atoms. The van der Waals surface area contributed by atoms with Gasteiger partial charge >= 0.3 is 0 Å². The van der Waals surface area contributed by atoms with E-state index in [2.05, 4.69) is 158 Å². The van der Waals surface area contributed by atoms with E-state index >= 15 is 0 Å². The molecular weight excluding hydrogens is 520 g/mol. The van der Waals surface area contributed by atoms with Gasteiger partial charge in [-0.3, -0.25) is 0 Å². The Hall–Kier alpha value is -5.40. The van der Waals surface area contributed by atoms with Crippen LogP contribution in [0.1, 0.15) is 33.4 Å². The van der Waals surface area contributed by atoms with Crippen LogP contribution in [0.3, 0.4) is 0 Å². The van der Waals surface area contributed by atoms with E-state index in [-0.39, 0.29) is 0 Å². The van der Waals surface area contributed by atoms with Crippen LogP contribution in [-0.2, 0) is 11.8 Å². The second-order valence-electron chi connectivity index (χ2n) is 11.6. The van der Waals surface area contributed by atoms with Crippen molar-refractivity contribution in [2.75, 3.05) is 0 Å². The zero-order valence-electron chi connectivity index (χ0n) is 23.6. The van der Waals surface area contributed by atoms with Crippen molar-refractivity contribution in [3.63, 3.8) is 0 Å². The number of fused-ring (bicyclic) bond motifs is 8. The maximum absolute atomic E-state index is 6.59. The summed E-state index contributed by atoms with van der Waals surface area (Å²) in [6, 6.07) is 57.5. The molecule has 202 valence electrons. The van der Waals surface area contributed by atoms with E-state index in [9.17, 15) is 0 Å². The molecule has 0 bridgehead atoms. The molecule has 9 rings (SSSR count). The predicted octanol–water partition coefficient (Wildman–Crippen LogP) is 10.7. The number of para-hydroxylation sites is 1. The molecule has 8 aromatic rings. The van der Waals surface area contributed by atoms with Crippen LogP contribution >= 0.6 is 0 Å². The minimum absolute atomic E-state index is 0.400. The van der Waals surface area contributed by atoms with Gasteiger partial charge < -0.3 is 4.42 Å². The molecule has 7 aromatic carbocycles. The van der Waals surface area contributed by atoms with Gasteiger partial charge in [0, 0.05) is 22.8 Å². The van der Waals surface area contributed by atoms with E-state index in [4.69, 9.17) is 4.42 Å². The van der Waals surface area contributed by atoms with Crippen molar-refractivity contribution in [2.24, 2.45) is 0 Å². The van der Waals surface area contributed by atoms with E-state index in [0.717, 1.165) is 17.6 Å². The predicted molar refractivity (Wildman–Crippen MR) is 178 cm³/mol. The summed E-state index contributed by atoms with van der Waals surface area (Å²) in [6.45, 7) is 0. The van der Waals surface area contributed by atoms with Gasteiger partial charge in [-0.1, -0.05) is 146 Å². The number of rotatable bonds is 4. The summed E-state index contributed by atoms with van der Waals surface area (Å²) in [5, 5.41) is 4.86. The van der Waals surface area contributed by atoms with Crippen LogP contribution in [0.5, 0.6) is 0 Å². The molecular formula is C42H28O. The van der Waals surface area contributed by atoms with E-state index in [0.29, 0.717) is 0 Å². The van der Waals surface area contributed by atoms with Crippen LogP contribution in [0, 0.1) is 0 Å². The van der Waals surface area contributed by atoms with Crippen molar-refractivity contribution < 1.29 is 4.42 Å². The number of benzene rings is 7. The highest BCUT2D eigenvalue weighted by atomic mass is 16.3. The van der Waals surface area contributed by atoms with Gasteiger partial charge in [-0.2, -0.15) is 0 Å². The number of hydrogen-bond donors (Lipinski definition) is 0. The monoisotopic (exact) mass is 548 g/mol. The first kappa shape index (κ1) is 24.2. The average Bonchev–Trinajstić information content (AvgIpc) is 3.61. The fourth-order valence-corrected chi connectivity index (χ4v) is 7.60. The van der Waals surface area contributed by atoms with Crippen LogP contribution in [-0.4, -0.2) is 0 Å². The first-order valence-corrected chi connectivity index (χ1v) is 15.0. The Morgan fingerprint density at radius 3 is 1.91 bits per heavy atom. The minimum atomic E-state index is -0.400. The molecule has 0 amide bonds. The second-order valence-corrected chi connectivity index (χ2v) is 11.6. The Labute approximate surface area is 250 Å². The molecule has 1 aromatic heterocycles. The topological polar surface area (TPSA) is 13.1 Å². The molecule has 1 heterocycles. The van der Waals surface area contributed by atoms with Crippen LogP contribution in [0.4, 0.5) is 0 Å². The van der Waals surface area contributed by atoms with Gasteiger partial charge in [-0.05, 0) is 61.8 Å². The summed E-state index contributed by atoms with van der Waals surface area (Å²) in [5.74, 6) is 0. The molecule has 0 aliphatic heterocycles. The summed E-state index contributed by atoms with van der Waals surface area (Å²) in [7, 11) is 0. The van der Waals surface area contributed by atoms with E-state index in [1.165, 1.54) is 66.1 Å². The minimum Gasteiger partial charge on any atom is -0.456 e. The smallest absolute Gasteiger partial charge is 0.139 e. The van der Waals surface area contributed by atoms with Crippen molar-refractivity contribution in [3.8, 4) is 11.1 Å². The van der Waals surface area contributed by atoms with E-state index < -0.39 is 5.41 Å².